The molecule has 0 spiro atoms. The van der Waals surface area contributed by atoms with Crippen molar-refractivity contribution in [3.63, 3.8) is 0 Å². The summed E-state index contributed by atoms with van der Waals surface area (Å²) in [5, 5.41) is 27.3. The summed E-state index contributed by atoms with van der Waals surface area (Å²) in [5.74, 6) is 0.727. The molecule has 0 aliphatic rings. The molecule has 0 heterocycles. The zero-order valence-corrected chi connectivity index (χ0v) is 26.2. The van der Waals surface area contributed by atoms with Crippen LogP contribution in [-0.4, -0.2) is 45.1 Å². The Balaban J connectivity index is 0.000000238. The second kappa shape index (κ2) is 17.2. The topological polar surface area (TPSA) is 117 Å². The number of hydrogen-bond donors (Lipinski definition) is 4. The van der Waals surface area contributed by atoms with E-state index in [-0.39, 0.29) is 10.8 Å². The fourth-order valence-electron chi connectivity index (χ4n) is 3.99. The Hall–Kier alpha value is -3.15. The van der Waals surface area contributed by atoms with E-state index in [2.05, 4.69) is 10.6 Å². The lowest BCUT2D eigenvalue weighted by molar-refractivity contribution is 0.174. The molecule has 4 aromatic carbocycles. The zero-order chi connectivity index (χ0) is 31.2. The first-order valence-corrected chi connectivity index (χ1v) is 16.0. The van der Waals surface area contributed by atoms with Crippen LogP contribution in [0.2, 0.25) is 10.0 Å². The van der Waals surface area contributed by atoms with E-state index < -0.39 is 22.3 Å². The third-order valence-corrected chi connectivity index (χ3v) is 7.27. The Morgan fingerprint density at radius 3 is 1.79 bits per heavy atom. The number of aliphatic hydroxyl groups excluding tert-OH is 2. The molecule has 0 saturated carbocycles. The number of aliphatic hydroxyl groups is 2. The standard InChI is InChI=1S/C16H18ClNO4S.C16H18ClNO2/c1-23(20,21)22-16-8-7-13(9-14(16)17)15(19)11-18-10-12-5-3-2-4-6-12;1-20-13-7-8-14(15(17)9-13)16(19)11-18-10-12-5-3-2-4-6-12/h2-9,15,18-19H,10-11H2,1H3;2-9,16,18-19H,10-11H2,1H3. The van der Waals surface area contributed by atoms with Gasteiger partial charge in [0.05, 0.1) is 35.6 Å². The fraction of sp³-hybridized carbons (Fsp3) is 0.250. The number of hydrogen-bond acceptors (Lipinski definition) is 8. The lowest BCUT2D eigenvalue weighted by atomic mass is 10.1. The van der Waals surface area contributed by atoms with E-state index in [1.807, 2.05) is 60.7 Å². The van der Waals surface area contributed by atoms with Crippen molar-refractivity contribution in [1.82, 2.24) is 10.6 Å². The Kier molecular flexibility index (Phi) is 13.8. The van der Waals surface area contributed by atoms with E-state index in [0.29, 0.717) is 48.1 Å². The van der Waals surface area contributed by atoms with Crippen LogP contribution in [0.15, 0.2) is 97.1 Å². The van der Waals surface area contributed by atoms with Crippen LogP contribution in [-0.2, 0) is 23.2 Å². The second-order valence-corrected chi connectivity index (χ2v) is 12.0. The minimum atomic E-state index is -3.64. The quantitative estimate of drug-likeness (QED) is 0.137. The molecular formula is C32H36Cl2N2O6S. The van der Waals surface area contributed by atoms with Gasteiger partial charge < -0.3 is 29.8 Å². The normalized spacial score (nSPS) is 12.5. The highest BCUT2D eigenvalue weighted by atomic mass is 35.5. The summed E-state index contributed by atoms with van der Waals surface area (Å²) in [7, 11) is -2.05. The van der Waals surface area contributed by atoms with Gasteiger partial charge in [-0.15, -0.1) is 0 Å². The van der Waals surface area contributed by atoms with E-state index in [0.717, 1.165) is 11.8 Å². The first-order valence-electron chi connectivity index (χ1n) is 13.4. The van der Waals surface area contributed by atoms with Crippen LogP contribution in [0.4, 0.5) is 0 Å². The summed E-state index contributed by atoms with van der Waals surface area (Å²) < 4.78 is 32.1. The summed E-state index contributed by atoms with van der Waals surface area (Å²) in [6.07, 6.45) is -0.458. The second-order valence-electron chi connectivity index (χ2n) is 9.63. The van der Waals surface area contributed by atoms with Gasteiger partial charge in [-0.05, 0) is 41.0 Å². The third-order valence-electron chi connectivity index (χ3n) is 6.17. The fourth-order valence-corrected chi connectivity index (χ4v) is 5.03. The molecule has 4 N–H and O–H groups in total. The SMILES string of the molecule is COc1ccc(C(O)CNCc2ccccc2)c(Cl)c1.CS(=O)(=O)Oc1ccc(C(O)CNCc2ccccc2)cc1Cl. The molecule has 2 unspecified atom stereocenters. The van der Waals surface area contributed by atoms with Crippen molar-refractivity contribution >= 4 is 33.3 Å². The van der Waals surface area contributed by atoms with Crippen molar-refractivity contribution in [2.75, 3.05) is 26.5 Å². The van der Waals surface area contributed by atoms with Crippen molar-refractivity contribution < 1.29 is 27.6 Å². The van der Waals surface area contributed by atoms with Crippen molar-refractivity contribution in [2.24, 2.45) is 0 Å². The summed E-state index contributed by atoms with van der Waals surface area (Å²) >= 11 is 12.1. The van der Waals surface area contributed by atoms with E-state index in [4.69, 9.17) is 32.1 Å². The number of nitrogens with one attached hydrogen (secondary N) is 2. The van der Waals surface area contributed by atoms with Crippen molar-refractivity contribution in [3.05, 3.63) is 129 Å². The molecule has 0 aliphatic carbocycles. The molecule has 4 rings (SSSR count). The molecule has 43 heavy (non-hydrogen) atoms. The van der Waals surface area contributed by atoms with Gasteiger partial charge in [0.1, 0.15) is 5.75 Å². The number of halogens is 2. The number of methoxy groups -OCH3 is 1. The monoisotopic (exact) mass is 646 g/mol. The van der Waals surface area contributed by atoms with Gasteiger partial charge in [-0.1, -0.05) is 96.0 Å². The molecule has 4 aromatic rings. The van der Waals surface area contributed by atoms with E-state index in [9.17, 15) is 18.6 Å². The smallest absolute Gasteiger partial charge is 0.306 e. The lowest BCUT2D eigenvalue weighted by Crippen LogP contribution is -2.21. The summed E-state index contributed by atoms with van der Waals surface area (Å²) in [6.45, 7) is 2.14. The van der Waals surface area contributed by atoms with Crippen LogP contribution < -0.4 is 19.6 Å². The van der Waals surface area contributed by atoms with Gasteiger partial charge in [0.15, 0.2) is 5.75 Å². The van der Waals surface area contributed by atoms with Gasteiger partial charge in [0, 0.05) is 31.7 Å². The van der Waals surface area contributed by atoms with Crippen LogP contribution in [0, 0.1) is 0 Å². The Bertz CT molecular complexity index is 1530. The maximum Gasteiger partial charge on any atom is 0.306 e. The molecule has 0 fully saturated rings. The summed E-state index contributed by atoms with van der Waals surface area (Å²) in [4.78, 5) is 0. The van der Waals surface area contributed by atoms with Crippen molar-refractivity contribution in [1.29, 1.82) is 0 Å². The highest BCUT2D eigenvalue weighted by molar-refractivity contribution is 7.86. The highest BCUT2D eigenvalue weighted by Crippen LogP contribution is 2.29. The Morgan fingerprint density at radius 1 is 0.744 bits per heavy atom. The predicted molar refractivity (Wildman–Crippen MR) is 171 cm³/mol. The van der Waals surface area contributed by atoms with Gasteiger partial charge in [-0.25, -0.2) is 0 Å². The summed E-state index contributed by atoms with van der Waals surface area (Å²) in [5.41, 5.74) is 3.58. The molecular weight excluding hydrogens is 611 g/mol. The first kappa shape index (κ1) is 34.3. The van der Waals surface area contributed by atoms with E-state index >= 15 is 0 Å². The molecule has 0 radical (unpaired) electrons. The average Bonchev–Trinajstić information content (AvgIpc) is 2.98. The third kappa shape index (κ3) is 12.2. The molecule has 0 saturated heterocycles. The molecule has 11 heteroatoms. The van der Waals surface area contributed by atoms with Crippen molar-refractivity contribution in [2.45, 2.75) is 25.3 Å². The van der Waals surface area contributed by atoms with E-state index in [1.165, 1.54) is 17.7 Å². The molecule has 8 nitrogen and oxygen atoms in total. The number of benzene rings is 4. The van der Waals surface area contributed by atoms with Gasteiger partial charge in [-0.2, -0.15) is 8.42 Å². The largest absolute Gasteiger partial charge is 0.497 e. The molecule has 2 atom stereocenters. The van der Waals surface area contributed by atoms with Crippen LogP contribution >= 0.6 is 23.2 Å². The lowest BCUT2D eigenvalue weighted by Gasteiger charge is -2.14. The van der Waals surface area contributed by atoms with Crippen LogP contribution in [0.25, 0.3) is 0 Å². The highest BCUT2D eigenvalue weighted by Gasteiger charge is 2.14. The molecule has 0 aliphatic heterocycles. The van der Waals surface area contributed by atoms with Crippen LogP contribution in [0.3, 0.4) is 0 Å². The summed E-state index contributed by atoms with van der Waals surface area (Å²) in [6, 6.07) is 29.7. The molecule has 0 aromatic heterocycles. The average molecular weight is 648 g/mol. The van der Waals surface area contributed by atoms with Crippen molar-refractivity contribution in [3.8, 4) is 11.5 Å². The predicted octanol–water partition coefficient (Wildman–Crippen LogP) is 5.67. The minimum absolute atomic E-state index is 0.0439. The minimum Gasteiger partial charge on any atom is -0.497 e. The van der Waals surface area contributed by atoms with Gasteiger partial charge >= 0.3 is 10.1 Å². The zero-order valence-electron chi connectivity index (χ0n) is 23.9. The first-order chi connectivity index (χ1) is 20.6. The molecule has 0 bridgehead atoms. The number of rotatable bonds is 13. The maximum atomic E-state index is 11.1. The molecule has 230 valence electrons. The van der Waals surface area contributed by atoms with Gasteiger partial charge in [0.2, 0.25) is 0 Å². The van der Waals surface area contributed by atoms with E-state index in [1.54, 1.807) is 31.4 Å². The van der Waals surface area contributed by atoms with Gasteiger partial charge in [-0.3, -0.25) is 0 Å². The van der Waals surface area contributed by atoms with Crippen LogP contribution in [0.5, 0.6) is 11.5 Å². The van der Waals surface area contributed by atoms with Crippen LogP contribution in [0.1, 0.15) is 34.5 Å². The Morgan fingerprint density at radius 2 is 1.30 bits per heavy atom. The van der Waals surface area contributed by atoms with Gasteiger partial charge in [0.25, 0.3) is 0 Å². The Labute approximate surface area is 263 Å². The number of ether oxygens (including phenoxy) is 1. The maximum absolute atomic E-state index is 11.1. The molecule has 0 amide bonds.